The Balaban J connectivity index is 1.48. The highest BCUT2D eigenvalue weighted by Gasteiger charge is 2.27. The molecular weight excluding hydrogens is 292 g/mol. The molecule has 6 nitrogen and oxygen atoms in total. The van der Waals surface area contributed by atoms with Crippen LogP contribution in [0.25, 0.3) is 5.69 Å². The van der Waals surface area contributed by atoms with Crippen molar-refractivity contribution < 1.29 is 9.53 Å². The number of rotatable bonds is 5. The van der Waals surface area contributed by atoms with Crippen LogP contribution in [0.15, 0.2) is 42.7 Å². The largest absolute Gasteiger partial charge is 0.375 e. The summed E-state index contributed by atoms with van der Waals surface area (Å²) in [6, 6.07) is 9.83. The van der Waals surface area contributed by atoms with E-state index >= 15 is 0 Å². The molecule has 1 saturated heterocycles. The first kappa shape index (κ1) is 15.7. The number of amides is 1. The van der Waals surface area contributed by atoms with E-state index in [-0.39, 0.29) is 18.1 Å². The summed E-state index contributed by atoms with van der Waals surface area (Å²) in [5.74, 6) is 0.00496. The van der Waals surface area contributed by atoms with Crippen molar-refractivity contribution in [2.45, 2.75) is 25.5 Å². The lowest BCUT2D eigenvalue weighted by Gasteiger charge is -2.29. The Kier molecular flexibility index (Phi) is 5.05. The zero-order chi connectivity index (χ0) is 16.1. The Bertz CT molecular complexity index is 625. The monoisotopic (exact) mass is 314 g/mol. The molecule has 0 unspecified atom stereocenters. The SMILES string of the molecule is C[C@H]1OCCN[C@@H]1C(=O)NCCc1ccc(-n2cccn2)cc1. The van der Waals surface area contributed by atoms with Crippen LogP contribution in [0.2, 0.25) is 0 Å². The van der Waals surface area contributed by atoms with Crippen LogP contribution in [0.3, 0.4) is 0 Å². The molecule has 3 rings (SSSR count). The topological polar surface area (TPSA) is 68.2 Å². The molecule has 1 aliphatic rings. The van der Waals surface area contributed by atoms with Crippen LogP contribution < -0.4 is 10.6 Å². The van der Waals surface area contributed by atoms with Crippen LogP contribution >= 0.6 is 0 Å². The molecule has 1 aliphatic heterocycles. The predicted molar refractivity (Wildman–Crippen MR) is 87.5 cm³/mol. The second kappa shape index (κ2) is 7.39. The van der Waals surface area contributed by atoms with Crippen molar-refractivity contribution in [2.24, 2.45) is 0 Å². The number of ether oxygens (including phenoxy) is 1. The fourth-order valence-corrected chi connectivity index (χ4v) is 2.70. The minimum atomic E-state index is -0.258. The summed E-state index contributed by atoms with van der Waals surface area (Å²) < 4.78 is 7.31. The van der Waals surface area contributed by atoms with Gasteiger partial charge in [-0.3, -0.25) is 4.79 Å². The Morgan fingerprint density at radius 3 is 2.96 bits per heavy atom. The fraction of sp³-hybridized carbons (Fsp3) is 0.412. The molecule has 0 bridgehead atoms. The van der Waals surface area contributed by atoms with Crippen molar-refractivity contribution in [1.29, 1.82) is 0 Å². The number of nitrogens with zero attached hydrogens (tertiary/aromatic N) is 2. The van der Waals surface area contributed by atoms with Gasteiger partial charge in [-0.15, -0.1) is 0 Å². The summed E-state index contributed by atoms with van der Waals surface area (Å²) >= 11 is 0. The van der Waals surface area contributed by atoms with Gasteiger partial charge < -0.3 is 15.4 Å². The van der Waals surface area contributed by atoms with Crippen molar-refractivity contribution in [2.75, 3.05) is 19.7 Å². The second-order valence-electron chi connectivity index (χ2n) is 5.67. The molecule has 0 aliphatic carbocycles. The Morgan fingerprint density at radius 1 is 1.43 bits per heavy atom. The molecule has 2 atom stereocenters. The first-order chi connectivity index (χ1) is 11.2. The van der Waals surface area contributed by atoms with Crippen molar-refractivity contribution >= 4 is 5.91 Å². The van der Waals surface area contributed by atoms with Gasteiger partial charge >= 0.3 is 0 Å². The quantitative estimate of drug-likeness (QED) is 0.861. The minimum absolute atomic E-state index is 0.00496. The van der Waals surface area contributed by atoms with E-state index in [4.69, 9.17) is 4.74 Å². The molecule has 23 heavy (non-hydrogen) atoms. The van der Waals surface area contributed by atoms with E-state index in [0.717, 1.165) is 18.7 Å². The number of carbonyl (C=O) groups is 1. The Hall–Kier alpha value is -2.18. The molecule has 0 spiro atoms. The number of nitrogens with one attached hydrogen (secondary N) is 2. The van der Waals surface area contributed by atoms with Gasteiger partial charge in [0.15, 0.2) is 0 Å². The lowest BCUT2D eigenvalue weighted by atomic mass is 10.1. The minimum Gasteiger partial charge on any atom is -0.375 e. The van der Waals surface area contributed by atoms with Crippen LogP contribution in [0.4, 0.5) is 0 Å². The van der Waals surface area contributed by atoms with Gasteiger partial charge in [0.2, 0.25) is 5.91 Å². The van der Waals surface area contributed by atoms with Crippen molar-refractivity contribution in [1.82, 2.24) is 20.4 Å². The number of carbonyl (C=O) groups excluding carboxylic acids is 1. The first-order valence-corrected chi connectivity index (χ1v) is 7.96. The molecule has 0 radical (unpaired) electrons. The molecule has 2 aromatic rings. The average Bonchev–Trinajstić information content (AvgIpc) is 3.10. The highest BCUT2D eigenvalue weighted by molar-refractivity contribution is 5.82. The number of morpholine rings is 1. The maximum Gasteiger partial charge on any atom is 0.239 e. The van der Waals surface area contributed by atoms with Crippen LogP contribution in [-0.4, -0.2) is 47.5 Å². The van der Waals surface area contributed by atoms with Crippen LogP contribution in [0, 0.1) is 0 Å². The van der Waals surface area contributed by atoms with Gasteiger partial charge in [0.1, 0.15) is 6.04 Å². The third-order valence-electron chi connectivity index (χ3n) is 4.02. The van der Waals surface area contributed by atoms with Gasteiger partial charge in [0.05, 0.1) is 18.4 Å². The standard InChI is InChI=1S/C17H22N4O2/c1-13-16(18-10-12-23-13)17(22)19-9-7-14-3-5-15(6-4-14)21-11-2-8-20-21/h2-6,8,11,13,16,18H,7,9-10,12H2,1H3,(H,19,22)/t13-,16+/m1/s1. The van der Waals surface area contributed by atoms with Crippen LogP contribution in [-0.2, 0) is 16.0 Å². The third-order valence-corrected chi connectivity index (χ3v) is 4.02. The maximum atomic E-state index is 12.1. The zero-order valence-corrected chi connectivity index (χ0v) is 13.2. The first-order valence-electron chi connectivity index (χ1n) is 7.96. The number of benzene rings is 1. The van der Waals surface area contributed by atoms with Gasteiger partial charge in [0.25, 0.3) is 0 Å². The van der Waals surface area contributed by atoms with Gasteiger partial charge in [-0.2, -0.15) is 5.10 Å². The van der Waals surface area contributed by atoms with E-state index < -0.39 is 0 Å². The Morgan fingerprint density at radius 2 is 2.26 bits per heavy atom. The van der Waals surface area contributed by atoms with Gasteiger partial charge in [0, 0.05) is 25.5 Å². The molecule has 2 heterocycles. The van der Waals surface area contributed by atoms with E-state index in [1.54, 1.807) is 6.20 Å². The van der Waals surface area contributed by atoms with E-state index in [9.17, 15) is 4.79 Å². The van der Waals surface area contributed by atoms with Crippen LogP contribution in [0.1, 0.15) is 12.5 Å². The summed E-state index contributed by atoms with van der Waals surface area (Å²) in [6.45, 7) is 3.92. The summed E-state index contributed by atoms with van der Waals surface area (Å²) in [4.78, 5) is 12.1. The third kappa shape index (κ3) is 3.97. The summed E-state index contributed by atoms with van der Waals surface area (Å²) in [6.07, 6.45) is 4.38. The fourth-order valence-electron chi connectivity index (χ4n) is 2.70. The Labute approximate surface area is 135 Å². The van der Waals surface area contributed by atoms with Gasteiger partial charge in [-0.05, 0) is 37.1 Å². The highest BCUT2D eigenvalue weighted by Crippen LogP contribution is 2.09. The molecule has 6 heteroatoms. The van der Waals surface area contributed by atoms with Crippen molar-refractivity contribution in [3.63, 3.8) is 0 Å². The predicted octanol–water partition coefficient (Wildman–Crippen LogP) is 0.908. The molecule has 1 aromatic heterocycles. The average molecular weight is 314 g/mol. The summed E-state index contributed by atoms with van der Waals surface area (Å²) in [7, 11) is 0. The molecule has 2 N–H and O–H groups in total. The molecule has 122 valence electrons. The second-order valence-corrected chi connectivity index (χ2v) is 5.67. The van der Waals surface area contributed by atoms with Crippen molar-refractivity contribution in [3.8, 4) is 5.69 Å². The summed E-state index contributed by atoms with van der Waals surface area (Å²) in [5, 5.41) is 10.4. The van der Waals surface area contributed by atoms with Gasteiger partial charge in [-0.25, -0.2) is 4.68 Å². The van der Waals surface area contributed by atoms with E-state index in [1.165, 1.54) is 5.56 Å². The van der Waals surface area contributed by atoms with Gasteiger partial charge in [-0.1, -0.05) is 12.1 Å². The smallest absolute Gasteiger partial charge is 0.239 e. The molecule has 1 aromatic carbocycles. The maximum absolute atomic E-state index is 12.1. The van der Waals surface area contributed by atoms with Crippen molar-refractivity contribution in [3.05, 3.63) is 48.3 Å². The molecule has 1 fully saturated rings. The lowest BCUT2D eigenvalue weighted by molar-refractivity contribution is -0.128. The normalized spacial score (nSPS) is 21.1. The van der Waals surface area contributed by atoms with E-state index in [1.807, 2.05) is 36.0 Å². The molecule has 0 saturated carbocycles. The lowest BCUT2D eigenvalue weighted by Crippen LogP contribution is -2.55. The molecular formula is C17H22N4O2. The number of hydrogen-bond donors (Lipinski definition) is 2. The number of aromatic nitrogens is 2. The summed E-state index contributed by atoms with van der Waals surface area (Å²) in [5.41, 5.74) is 2.21. The molecule has 1 amide bonds. The van der Waals surface area contributed by atoms with E-state index in [2.05, 4.69) is 27.9 Å². The highest BCUT2D eigenvalue weighted by atomic mass is 16.5. The number of hydrogen-bond acceptors (Lipinski definition) is 4. The van der Waals surface area contributed by atoms with Crippen LogP contribution in [0.5, 0.6) is 0 Å². The van der Waals surface area contributed by atoms with E-state index in [0.29, 0.717) is 13.2 Å². The zero-order valence-electron chi connectivity index (χ0n) is 13.2.